The van der Waals surface area contributed by atoms with Crippen LogP contribution < -0.4 is 16.0 Å². The quantitative estimate of drug-likeness (QED) is 0.187. The molecule has 9 heteroatoms. The molecule has 162 valence electrons. The molecule has 0 saturated carbocycles. The summed E-state index contributed by atoms with van der Waals surface area (Å²) in [5.41, 5.74) is 0.638. The van der Waals surface area contributed by atoms with Gasteiger partial charge >= 0.3 is 6.09 Å². The number of aliphatic imine (C=N–C) groups is 1. The largest absolute Gasteiger partial charge is 0.444 e. The number of carbonyl (C=O) groups excluding carboxylic acids is 1. The van der Waals surface area contributed by atoms with Crippen LogP contribution >= 0.6 is 35.3 Å². The summed E-state index contributed by atoms with van der Waals surface area (Å²) in [6, 6.07) is 0. The van der Waals surface area contributed by atoms with Crippen LogP contribution in [0.15, 0.2) is 10.4 Å². The fourth-order valence-corrected chi connectivity index (χ4v) is 3.06. The zero-order valence-corrected chi connectivity index (χ0v) is 20.9. The number of guanidine groups is 1. The molecule has 0 spiro atoms. The van der Waals surface area contributed by atoms with Gasteiger partial charge in [-0.05, 0) is 60.3 Å². The highest BCUT2D eigenvalue weighted by atomic mass is 127. The first-order valence-corrected chi connectivity index (χ1v) is 10.6. The lowest BCUT2D eigenvalue weighted by Gasteiger charge is -2.19. The second-order valence-corrected chi connectivity index (χ2v) is 8.25. The van der Waals surface area contributed by atoms with Crippen LogP contribution in [0.5, 0.6) is 0 Å². The van der Waals surface area contributed by atoms with Gasteiger partial charge in [-0.15, -0.1) is 35.3 Å². The van der Waals surface area contributed by atoms with Crippen LogP contribution in [0.25, 0.3) is 0 Å². The minimum Gasteiger partial charge on any atom is -0.444 e. The molecule has 0 fully saturated rings. The summed E-state index contributed by atoms with van der Waals surface area (Å²) in [6.45, 7) is 12.5. The number of aromatic nitrogens is 1. The Kier molecular flexibility index (Phi) is 14.3. The lowest BCUT2D eigenvalue weighted by molar-refractivity contribution is 0.0527. The molecule has 28 heavy (non-hydrogen) atoms. The van der Waals surface area contributed by atoms with Crippen LogP contribution in [-0.4, -0.2) is 48.8 Å². The second-order valence-electron chi connectivity index (χ2n) is 7.31. The molecule has 0 aliphatic heterocycles. The zero-order chi connectivity index (χ0) is 20.1. The van der Waals surface area contributed by atoms with Gasteiger partial charge in [0.1, 0.15) is 5.60 Å². The van der Waals surface area contributed by atoms with Crippen molar-refractivity contribution in [3.05, 3.63) is 16.1 Å². The van der Waals surface area contributed by atoms with Crippen molar-refractivity contribution in [1.29, 1.82) is 0 Å². The smallest absolute Gasteiger partial charge is 0.407 e. The molecule has 1 rings (SSSR count). The molecule has 1 aromatic heterocycles. The summed E-state index contributed by atoms with van der Waals surface area (Å²) in [7, 11) is 0. The Hall–Kier alpha value is -1.10. The van der Waals surface area contributed by atoms with Crippen molar-refractivity contribution in [1.82, 2.24) is 20.9 Å². The fraction of sp³-hybridized carbons (Fsp3) is 0.737. The summed E-state index contributed by atoms with van der Waals surface area (Å²) in [5, 5.41) is 12.7. The summed E-state index contributed by atoms with van der Waals surface area (Å²) < 4.78 is 5.20. The van der Waals surface area contributed by atoms with Crippen molar-refractivity contribution in [2.45, 2.75) is 65.9 Å². The molecular formula is C19H36IN5O2S. The molecule has 1 aromatic rings. The maximum atomic E-state index is 11.6. The molecule has 0 saturated heterocycles. The van der Waals surface area contributed by atoms with E-state index in [1.165, 1.54) is 5.01 Å². The number of nitrogens with zero attached hydrogens (tertiary/aromatic N) is 2. The predicted octanol–water partition coefficient (Wildman–Crippen LogP) is 3.86. The minimum atomic E-state index is -0.469. The first-order chi connectivity index (χ1) is 12.8. The Bertz CT molecular complexity index is 587. The molecule has 0 radical (unpaired) electrons. The molecule has 0 aromatic carbocycles. The number of rotatable bonds is 10. The van der Waals surface area contributed by atoms with Crippen LogP contribution in [0, 0.1) is 6.92 Å². The Labute approximate surface area is 190 Å². The minimum absolute atomic E-state index is 0. The van der Waals surface area contributed by atoms with Crippen molar-refractivity contribution < 1.29 is 9.53 Å². The van der Waals surface area contributed by atoms with Gasteiger partial charge < -0.3 is 20.7 Å². The third-order valence-electron chi connectivity index (χ3n) is 3.39. The number of alkyl carbamates (subject to hydrolysis) is 1. The molecule has 0 aliphatic rings. The molecule has 1 heterocycles. The summed E-state index contributed by atoms with van der Waals surface area (Å²) in [5.74, 6) is 0.819. The first-order valence-electron chi connectivity index (χ1n) is 9.70. The average Bonchev–Trinajstić information content (AvgIpc) is 2.97. The van der Waals surface area contributed by atoms with E-state index in [2.05, 4.69) is 31.3 Å². The lowest BCUT2D eigenvalue weighted by Crippen LogP contribution is -2.38. The number of hydrogen-bond donors (Lipinski definition) is 3. The Morgan fingerprint density at radius 2 is 1.89 bits per heavy atom. The van der Waals surface area contributed by atoms with Crippen LogP contribution in [-0.2, 0) is 11.2 Å². The van der Waals surface area contributed by atoms with Crippen LogP contribution in [0.2, 0.25) is 0 Å². The van der Waals surface area contributed by atoms with E-state index in [-0.39, 0.29) is 30.1 Å². The number of aryl methyl sites for hydroxylation is 2. The van der Waals surface area contributed by atoms with Gasteiger partial charge in [0.2, 0.25) is 0 Å². The molecule has 3 N–H and O–H groups in total. The van der Waals surface area contributed by atoms with Crippen molar-refractivity contribution in [2.75, 3.05) is 26.2 Å². The summed E-state index contributed by atoms with van der Waals surface area (Å²) in [6.07, 6.45) is 3.60. The third kappa shape index (κ3) is 14.0. The van der Waals surface area contributed by atoms with Crippen LogP contribution in [0.4, 0.5) is 4.79 Å². The summed E-state index contributed by atoms with van der Waals surface area (Å²) in [4.78, 5) is 20.6. The van der Waals surface area contributed by atoms with E-state index in [1.807, 2.05) is 34.6 Å². The van der Waals surface area contributed by atoms with Gasteiger partial charge in [-0.3, -0.25) is 4.99 Å². The van der Waals surface area contributed by atoms with Gasteiger partial charge in [-0.2, -0.15) is 0 Å². The van der Waals surface area contributed by atoms with Crippen molar-refractivity contribution in [3.63, 3.8) is 0 Å². The number of ether oxygens (including phenoxy) is 1. The average molecular weight is 526 g/mol. The van der Waals surface area contributed by atoms with E-state index >= 15 is 0 Å². The maximum absolute atomic E-state index is 11.6. The van der Waals surface area contributed by atoms with Crippen LogP contribution in [0.1, 0.15) is 57.7 Å². The van der Waals surface area contributed by atoms with Gasteiger partial charge in [0, 0.05) is 37.3 Å². The number of amides is 1. The van der Waals surface area contributed by atoms with Gasteiger partial charge in [0.15, 0.2) is 5.96 Å². The third-order valence-corrected chi connectivity index (χ3v) is 4.42. The second kappa shape index (κ2) is 14.8. The molecule has 0 bridgehead atoms. The van der Waals surface area contributed by atoms with Crippen molar-refractivity contribution in [3.8, 4) is 0 Å². The molecule has 0 aliphatic carbocycles. The normalized spacial score (nSPS) is 11.5. The van der Waals surface area contributed by atoms with E-state index in [0.29, 0.717) is 13.1 Å². The summed E-state index contributed by atoms with van der Waals surface area (Å²) >= 11 is 1.74. The first kappa shape index (κ1) is 26.9. The molecular weight excluding hydrogens is 489 g/mol. The SMILES string of the molecule is CCNC(=NCCCNC(=O)OC(C)(C)C)NCCCCc1nc(C)cs1.I. The predicted molar refractivity (Wildman–Crippen MR) is 128 cm³/mol. The topological polar surface area (TPSA) is 87.6 Å². The van der Waals surface area contributed by atoms with E-state index in [9.17, 15) is 4.79 Å². The Morgan fingerprint density at radius 3 is 2.50 bits per heavy atom. The monoisotopic (exact) mass is 525 g/mol. The highest BCUT2D eigenvalue weighted by Crippen LogP contribution is 2.11. The number of halogens is 1. The Morgan fingerprint density at radius 1 is 1.18 bits per heavy atom. The fourth-order valence-electron chi connectivity index (χ4n) is 2.24. The molecule has 7 nitrogen and oxygen atoms in total. The lowest BCUT2D eigenvalue weighted by atomic mass is 10.2. The van der Waals surface area contributed by atoms with Crippen LogP contribution in [0.3, 0.4) is 0 Å². The van der Waals surface area contributed by atoms with E-state index in [0.717, 1.165) is 50.4 Å². The number of nitrogens with one attached hydrogen (secondary N) is 3. The molecule has 0 unspecified atom stereocenters. The van der Waals surface area contributed by atoms with E-state index in [1.54, 1.807) is 11.3 Å². The zero-order valence-electron chi connectivity index (χ0n) is 17.8. The number of unbranched alkanes of at least 4 members (excludes halogenated alkanes) is 1. The number of carbonyl (C=O) groups is 1. The standard InChI is InChI=1S/C19H35N5O2S.HI/c1-6-20-17(21-11-8-7-10-16-24-15(2)14-27-16)22-12-9-13-23-18(25)26-19(3,4)5;/h14H,6-13H2,1-5H3,(H,23,25)(H2,20,21,22);1H. The van der Waals surface area contributed by atoms with Gasteiger partial charge in [-0.1, -0.05) is 0 Å². The molecule has 0 atom stereocenters. The van der Waals surface area contributed by atoms with Gasteiger partial charge in [-0.25, -0.2) is 9.78 Å². The highest BCUT2D eigenvalue weighted by Gasteiger charge is 2.15. The maximum Gasteiger partial charge on any atom is 0.407 e. The number of hydrogen-bond acceptors (Lipinski definition) is 5. The van der Waals surface area contributed by atoms with Gasteiger partial charge in [0.05, 0.1) is 5.01 Å². The van der Waals surface area contributed by atoms with Crippen molar-refractivity contribution in [2.24, 2.45) is 4.99 Å². The highest BCUT2D eigenvalue weighted by molar-refractivity contribution is 14.0. The Balaban J connectivity index is 0.00000729. The molecule has 1 amide bonds. The number of thiazole rings is 1. The van der Waals surface area contributed by atoms with Gasteiger partial charge in [0.25, 0.3) is 0 Å². The van der Waals surface area contributed by atoms with Crippen molar-refractivity contribution >= 4 is 47.4 Å². The van der Waals surface area contributed by atoms with E-state index in [4.69, 9.17) is 4.74 Å². The van der Waals surface area contributed by atoms with E-state index < -0.39 is 5.60 Å².